The molecule has 0 aromatic carbocycles. The number of rotatable bonds is 3. The third-order valence-corrected chi connectivity index (χ3v) is 3.65. The van der Waals surface area contributed by atoms with E-state index in [0.717, 1.165) is 32.4 Å². The Morgan fingerprint density at radius 1 is 1.12 bits per heavy atom. The molecule has 3 heteroatoms. The third kappa shape index (κ3) is 4.57. The van der Waals surface area contributed by atoms with E-state index in [1.54, 1.807) is 0 Å². The lowest BCUT2D eigenvalue weighted by molar-refractivity contribution is 0.145. The molecule has 1 atom stereocenters. The monoisotopic (exact) mass is 240 g/mol. The van der Waals surface area contributed by atoms with Crippen LogP contribution in [-0.2, 0) is 0 Å². The second-order valence-corrected chi connectivity index (χ2v) is 5.77. The zero-order valence-corrected chi connectivity index (χ0v) is 11.9. The van der Waals surface area contributed by atoms with E-state index in [1.807, 2.05) is 16.8 Å². The number of nitrogens with zero attached hydrogens (tertiary/aromatic N) is 2. The van der Waals surface area contributed by atoms with Gasteiger partial charge in [0, 0.05) is 26.2 Å². The minimum Gasteiger partial charge on any atom is -0.325 e. The highest BCUT2D eigenvalue weighted by Gasteiger charge is 2.22. The van der Waals surface area contributed by atoms with E-state index in [9.17, 15) is 4.79 Å². The highest BCUT2D eigenvalue weighted by atomic mass is 16.2. The molecule has 0 bridgehead atoms. The number of carbonyl (C=O) groups is 1. The highest BCUT2D eigenvalue weighted by molar-refractivity contribution is 5.74. The van der Waals surface area contributed by atoms with Crippen molar-refractivity contribution in [1.82, 2.24) is 9.80 Å². The molecular weight excluding hydrogens is 212 g/mol. The molecule has 0 radical (unpaired) electrons. The Morgan fingerprint density at radius 2 is 1.65 bits per heavy atom. The first-order valence-electron chi connectivity index (χ1n) is 7.04. The molecule has 0 saturated carbocycles. The van der Waals surface area contributed by atoms with Gasteiger partial charge in [0.05, 0.1) is 0 Å². The maximum atomic E-state index is 12.3. The Hall–Kier alpha value is -0.730. The summed E-state index contributed by atoms with van der Waals surface area (Å²) in [4.78, 5) is 16.3. The molecule has 0 N–H and O–H groups in total. The predicted molar refractivity (Wildman–Crippen MR) is 72.1 cm³/mol. The molecule has 0 aromatic heterocycles. The molecule has 1 heterocycles. The number of urea groups is 1. The van der Waals surface area contributed by atoms with Gasteiger partial charge in [-0.2, -0.15) is 0 Å². The molecule has 1 aliphatic heterocycles. The van der Waals surface area contributed by atoms with Crippen LogP contribution in [0.25, 0.3) is 0 Å². The average molecular weight is 240 g/mol. The van der Waals surface area contributed by atoms with Gasteiger partial charge in [0.25, 0.3) is 0 Å². The van der Waals surface area contributed by atoms with Crippen LogP contribution in [0.5, 0.6) is 0 Å². The van der Waals surface area contributed by atoms with E-state index in [1.165, 1.54) is 12.8 Å². The summed E-state index contributed by atoms with van der Waals surface area (Å²) >= 11 is 0. The number of amides is 2. The predicted octanol–water partition coefficient (Wildman–Crippen LogP) is 3.35. The molecule has 0 spiro atoms. The number of hydrogen-bond acceptors (Lipinski definition) is 1. The molecule has 1 aliphatic rings. The lowest BCUT2D eigenvalue weighted by atomic mass is 10.0. The molecule has 1 unspecified atom stereocenters. The van der Waals surface area contributed by atoms with E-state index < -0.39 is 0 Å². The Balaban J connectivity index is 2.49. The molecule has 2 amide bonds. The zero-order valence-electron chi connectivity index (χ0n) is 11.9. The molecule has 3 nitrogen and oxygen atoms in total. The van der Waals surface area contributed by atoms with Gasteiger partial charge in [-0.3, -0.25) is 0 Å². The van der Waals surface area contributed by atoms with Crippen molar-refractivity contribution in [2.75, 3.05) is 20.1 Å². The molecule has 1 rings (SSSR count). The van der Waals surface area contributed by atoms with Gasteiger partial charge in [0.2, 0.25) is 0 Å². The molecular formula is C14H28N2O. The van der Waals surface area contributed by atoms with E-state index in [2.05, 4.69) is 20.8 Å². The van der Waals surface area contributed by atoms with Gasteiger partial charge >= 0.3 is 6.03 Å². The fourth-order valence-corrected chi connectivity index (χ4v) is 2.51. The first kappa shape index (κ1) is 14.3. The second-order valence-electron chi connectivity index (χ2n) is 5.77. The summed E-state index contributed by atoms with van der Waals surface area (Å²) < 4.78 is 0. The van der Waals surface area contributed by atoms with Crippen LogP contribution < -0.4 is 0 Å². The van der Waals surface area contributed by atoms with E-state index in [0.29, 0.717) is 12.0 Å². The number of carbonyl (C=O) groups excluding carboxylic acids is 1. The van der Waals surface area contributed by atoms with Crippen molar-refractivity contribution in [3.8, 4) is 0 Å². The van der Waals surface area contributed by atoms with E-state index in [4.69, 9.17) is 0 Å². The van der Waals surface area contributed by atoms with Gasteiger partial charge in [-0.1, -0.05) is 26.7 Å². The maximum Gasteiger partial charge on any atom is 0.319 e. The Labute approximate surface area is 106 Å². The van der Waals surface area contributed by atoms with Gasteiger partial charge in [-0.15, -0.1) is 0 Å². The summed E-state index contributed by atoms with van der Waals surface area (Å²) in [6.07, 6.45) is 5.95. The molecule has 1 fully saturated rings. The quantitative estimate of drug-likeness (QED) is 0.742. The molecule has 100 valence electrons. The van der Waals surface area contributed by atoms with E-state index in [-0.39, 0.29) is 6.03 Å². The summed E-state index contributed by atoms with van der Waals surface area (Å²) in [7, 11) is 1.94. The van der Waals surface area contributed by atoms with Crippen LogP contribution in [0.15, 0.2) is 0 Å². The van der Waals surface area contributed by atoms with Gasteiger partial charge in [0.15, 0.2) is 0 Å². The number of likely N-dealkylation sites (tertiary alicyclic amines) is 1. The summed E-state index contributed by atoms with van der Waals surface area (Å²) in [5.41, 5.74) is 0. The smallest absolute Gasteiger partial charge is 0.319 e. The van der Waals surface area contributed by atoms with Gasteiger partial charge < -0.3 is 9.80 Å². The minimum absolute atomic E-state index is 0.222. The molecule has 0 aliphatic carbocycles. The van der Waals surface area contributed by atoms with Crippen LogP contribution in [0.1, 0.15) is 52.9 Å². The zero-order chi connectivity index (χ0) is 12.8. The van der Waals surface area contributed by atoms with Gasteiger partial charge in [-0.05, 0) is 32.1 Å². The summed E-state index contributed by atoms with van der Waals surface area (Å²) in [6.45, 7) is 8.45. The molecule has 1 saturated heterocycles. The lowest BCUT2D eigenvalue weighted by Crippen LogP contribution is -2.45. The molecule has 17 heavy (non-hydrogen) atoms. The van der Waals surface area contributed by atoms with E-state index >= 15 is 0 Å². The first-order chi connectivity index (χ1) is 8.02. The standard InChI is InChI=1S/C14H28N2O/c1-12(2)11-13(3)15(4)14(17)16-9-7-5-6-8-10-16/h12-13H,5-11H2,1-4H3. The normalized spacial score (nSPS) is 19.0. The highest BCUT2D eigenvalue weighted by Crippen LogP contribution is 2.15. The fraction of sp³-hybridized carbons (Fsp3) is 0.929. The Morgan fingerprint density at radius 3 is 2.12 bits per heavy atom. The summed E-state index contributed by atoms with van der Waals surface area (Å²) in [6, 6.07) is 0.561. The van der Waals surface area contributed by atoms with Crippen LogP contribution >= 0.6 is 0 Å². The average Bonchev–Trinajstić information content (AvgIpc) is 2.54. The van der Waals surface area contributed by atoms with Crippen molar-refractivity contribution in [2.24, 2.45) is 5.92 Å². The van der Waals surface area contributed by atoms with Crippen molar-refractivity contribution >= 4 is 6.03 Å². The fourth-order valence-electron chi connectivity index (χ4n) is 2.51. The maximum absolute atomic E-state index is 12.3. The third-order valence-electron chi connectivity index (χ3n) is 3.65. The SMILES string of the molecule is CC(C)CC(C)N(C)C(=O)N1CCCCCC1. The minimum atomic E-state index is 0.222. The Kier molecular flexibility index (Phi) is 5.79. The summed E-state index contributed by atoms with van der Waals surface area (Å²) in [5, 5.41) is 0. The van der Waals surface area contributed by atoms with Gasteiger partial charge in [0.1, 0.15) is 0 Å². The van der Waals surface area contributed by atoms with Crippen LogP contribution in [0.3, 0.4) is 0 Å². The topological polar surface area (TPSA) is 23.6 Å². The first-order valence-corrected chi connectivity index (χ1v) is 7.04. The van der Waals surface area contributed by atoms with Crippen molar-refractivity contribution in [3.05, 3.63) is 0 Å². The second kappa shape index (κ2) is 6.87. The van der Waals surface area contributed by atoms with Crippen LogP contribution in [0, 0.1) is 5.92 Å². The lowest BCUT2D eigenvalue weighted by Gasteiger charge is -2.32. The van der Waals surface area contributed by atoms with Crippen LogP contribution in [-0.4, -0.2) is 42.0 Å². The van der Waals surface area contributed by atoms with Gasteiger partial charge in [-0.25, -0.2) is 4.79 Å². The Bertz CT molecular complexity index is 232. The summed E-state index contributed by atoms with van der Waals surface area (Å²) in [5.74, 6) is 0.643. The molecule has 0 aromatic rings. The number of hydrogen-bond donors (Lipinski definition) is 0. The van der Waals surface area contributed by atoms with Crippen molar-refractivity contribution < 1.29 is 4.79 Å². The largest absolute Gasteiger partial charge is 0.325 e. The van der Waals surface area contributed by atoms with Crippen molar-refractivity contribution in [1.29, 1.82) is 0 Å². The van der Waals surface area contributed by atoms with Crippen molar-refractivity contribution in [3.63, 3.8) is 0 Å². The van der Waals surface area contributed by atoms with Crippen molar-refractivity contribution in [2.45, 2.75) is 58.9 Å². The van der Waals surface area contributed by atoms with Crippen LogP contribution in [0.4, 0.5) is 4.79 Å². The van der Waals surface area contributed by atoms with Crippen LogP contribution in [0.2, 0.25) is 0 Å².